The number of aromatic carboxylic acids is 1. The first kappa shape index (κ1) is 18.2. The number of unbranched alkanes of at least 4 members (excludes halogenated alkanes) is 1. The molecule has 1 aromatic heterocycles. The molecule has 0 atom stereocenters. The third-order valence-corrected chi connectivity index (χ3v) is 4.36. The SMILES string of the molecule is CCCCNCc1c(C(=O)O)c(C)n(Cc2cccc(F)c2)c1C. The van der Waals surface area contributed by atoms with E-state index in [1.165, 1.54) is 12.1 Å². The van der Waals surface area contributed by atoms with Crippen LogP contribution in [-0.2, 0) is 13.1 Å². The maximum Gasteiger partial charge on any atom is 0.337 e. The molecular weight excluding hydrogens is 307 g/mol. The van der Waals surface area contributed by atoms with Crippen molar-refractivity contribution in [3.8, 4) is 0 Å². The van der Waals surface area contributed by atoms with Gasteiger partial charge in [-0.15, -0.1) is 0 Å². The summed E-state index contributed by atoms with van der Waals surface area (Å²) in [4.78, 5) is 11.7. The van der Waals surface area contributed by atoms with E-state index in [2.05, 4.69) is 12.2 Å². The van der Waals surface area contributed by atoms with Gasteiger partial charge in [-0.2, -0.15) is 0 Å². The minimum absolute atomic E-state index is 0.283. The predicted molar refractivity (Wildman–Crippen MR) is 93.0 cm³/mol. The highest BCUT2D eigenvalue weighted by atomic mass is 19.1. The summed E-state index contributed by atoms with van der Waals surface area (Å²) < 4.78 is 15.4. The second-order valence-electron chi connectivity index (χ2n) is 6.08. The smallest absolute Gasteiger partial charge is 0.337 e. The van der Waals surface area contributed by atoms with E-state index in [0.717, 1.165) is 36.2 Å². The van der Waals surface area contributed by atoms with Gasteiger partial charge in [0, 0.05) is 30.0 Å². The van der Waals surface area contributed by atoms with E-state index in [1.807, 2.05) is 24.5 Å². The maximum absolute atomic E-state index is 13.4. The molecular formula is C19H25FN2O2. The zero-order valence-electron chi connectivity index (χ0n) is 14.5. The number of hydrogen-bond donors (Lipinski definition) is 2. The summed E-state index contributed by atoms with van der Waals surface area (Å²) in [6, 6.07) is 6.41. The highest BCUT2D eigenvalue weighted by Gasteiger charge is 2.22. The van der Waals surface area contributed by atoms with E-state index in [0.29, 0.717) is 24.3 Å². The minimum Gasteiger partial charge on any atom is -0.478 e. The van der Waals surface area contributed by atoms with Gasteiger partial charge in [0.1, 0.15) is 5.82 Å². The second kappa shape index (κ2) is 8.11. The first-order valence-corrected chi connectivity index (χ1v) is 8.32. The molecule has 0 aliphatic carbocycles. The first-order valence-electron chi connectivity index (χ1n) is 8.32. The van der Waals surface area contributed by atoms with Gasteiger partial charge in [0.2, 0.25) is 0 Å². The highest BCUT2D eigenvalue weighted by Crippen LogP contribution is 2.24. The minimum atomic E-state index is -0.916. The lowest BCUT2D eigenvalue weighted by Crippen LogP contribution is -2.17. The molecule has 2 N–H and O–H groups in total. The highest BCUT2D eigenvalue weighted by molar-refractivity contribution is 5.91. The van der Waals surface area contributed by atoms with Crippen molar-refractivity contribution in [3.63, 3.8) is 0 Å². The Kier molecular flexibility index (Phi) is 6.15. The predicted octanol–water partition coefficient (Wildman–Crippen LogP) is 3.88. The van der Waals surface area contributed by atoms with E-state index >= 15 is 0 Å². The summed E-state index contributed by atoms with van der Waals surface area (Å²) in [7, 11) is 0. The van der Waals surface area contributed by atoms with Gasteiger partial charge >= 0.3 is 5.97 Å². The maximum atomic E-state index is 13.4. The van der Waals surface area contributed by atoms with Crippen LogP contribution in [0.25, 0.3) is 0 Å². The Balaban J connectivity index is 2.32. The van der Waals surface area contributed by atoms with Crippen molar-refractivity contribution in [2.75, 3.05) is 6.54 Å². The number of nitrogens with zero attached hydrogens (tertiary/aromatic N) is 1. The van der Waals surface area contributed by atoms with Crippen molar-refractivity contribution >= 4 is 5.97 Å². The Hall–Kier alpha value is -2.14. The molecule has 0 amide bonds. The van der Waals surface area contributed by atoms with Crippen molar-refractivity contribution in [2.45, 2.75) is 46.7 Å². The Bertz CT molecular complexity index is 722. The lowest BCUT2D eigenvalue weighted by molar-refractivity contribution is 0.0694. The van der Waals surface area contributed by atoms with Gasteiger partial charge in [-0.25, -0.2) is 9.18 Å². The number of carbonyl (C=O) groups is 1. The van der Waals surface area contributed by atoms with Crippen LogP contribution in [0.4, 0.5) is 4.39 Å². The van der Waals surface area contributed by atoms with Crippen LogP contribution in [0.2, 0.25) is 0 Å². The topological polar surface area (TPSA) is 54.3 Å². The fourth-order valence-electron chi connectivity index (χ4n) is 3.02. The Morgan fingerprint density at radius 2 is 2.04 bits per heavy atom. The molecule has 2 rings (SSSR count). The van der Waals surface area contributed by atoms with Crippen molar-refractivity contribution in [2.24, 2.45) is 0 Å². The molecule has 130 valence electrons. The van der Waals surface area contributed by atoms with E-state index < -0.39 is 5.97 Å². The molecule has 5 heteroatoms. The van der Waals surface area contributed by atoms with Crippen LogP contribution in [0, 0.1) is 19.7 Å². The normalized spacial score (nSPS) is 11.0. The van der Waals surface area contributed by atoms with Crippen LogP contribution >= 0.6 is 0 Å². The summed E-state index contributed by atoms with van der Waals surface area (Å²) in [5, 5.41) is 12.9. The number of halogens is 1. The van der Waals surface area contributed by atoms with Crippen LogP contribution < -0.4 is 5.32 Å². The summed E-state index contributed by atoms with van der Waals surface area (Å²) in [5.74, 6) is -1.20. The van der Waals surface area contributed by atoms with Crippen LogP contribution in [-0.4, -0.2) is 22.2 Å². The molecule has 0 fully saturated rings. The summed E-state index contributed by atoms with van der Waals surface area (Å²) in [6.07, 6.45) is 2.15. The first-order chi connectivity index (χ1) is 11.5. The quantitative estimate of drug-likeness (QED) is 0.721. The van der Waals surface area contributed by atoms with Gasteiger partial charge < -0.3 is 15.0 Å². The number of carboxylic acid groups (broad SMARTS) is 1. The molecule has 1 aromatic carbocycles. The molecule has 0 spiro atoms. The molecule has 0 saturated carbocycles. The van der Waals surface area contributed by atoms with Gasteiger partial charge in [-0.1, -0.05) is 25.5 Å². The van der Waals surface area contributed by atoms with Crippen molar-refractivity contribution in [1.82, 2.24) is 9.88 Å². The summed E-state index contributed by atoms with van der Waals surface area (Å²) >= 11 is 0. The lowest BCUT2D eigenvalue weighted by Gasteiger charge is -2.10. The zero-order valence-corrected chi connectivity index (χ0v) is 14.5. The van der Waals surface area contributed by atoms with Gasteiger partial charge in [-0.3, -0.25) is 0 Å². The van der Waals surface area contributed by atoms with Crippen LogP contribution in [0.5, 0.6) is 0 Å². The molecule has 4 nitrogen and oxygen atoms in total. The largest absolute Gasteiger partial charge is 0.478 e. The van der Waals surface area contributed by atoms with E-state index in [-0.39, 0.29) is 5.82 Å². The fourth-order valence-corrected chi connectivity index (χ4v) is 3.02. The van der Waals surface area contributed by atoms with Crippen LogP contribution in [0.1, 0.15) is 52.6 Å². The van der Waals surface area contributed by atoms with Gasteiger partial charge in [0.15, 0.2) is 0 Å². The van der Waals surface area contributed by atoms with Crippen molar-refractivity contribution in [3.05, 3.63) is 58.2 Å². The lowest BCUT2D eigenvalue weighted by atomic mass is 10.1. The Labute approximate surface area is 142 Å². The third kappa shape index (κ3) is 4.03. The molecule has 0 saturated heterocycles. The van der Waals surface area contributed by atoms with E-state index in [9.17, 15) is 14.3 Å². The van der Waals surface area contributed by atoms with Crippen LogP contribution in [0.15, 0.2) is 24.3 Å². The van der Waals surface area contributed by atoms with Crippen molar-refractivity contribution in [1.29, 1.82) is 0 Å². The average Bonchev–Trinajstić information content (AvgIpc) is 2.76. The van der Waals surface area contributed by atoms with Gasteiger partial charge in [0.05, 0.1) is 5.56 Å². The second-order valence-corrected chi connectivity index (χ2v) is 6.08. The van der Waals surface area contributed by atoms with Crippen molar-refractivity contribution < 1.29 is 14.3 Å². The Morgan fingerprint density at radius 3 is 2.67 bits per heavy atom. The molecule has 0 radical (unpaired) electrons. The molecule has 24 heavy (non-hydrogen) atoms. The monoisotopic (exact) mass is 332 g/mol. The molecule has 0 aliphatic rings. The average molecular weight is 332 g/mol. The van der Waals surface area contributed by atoms with Gasteiger partial charge in [0.25, 0.3) is 0 Å². The number of nitrogens with one attached hydrogen (secondary N) is 1. The number of hydrogen-bond acceptors (Lipinski definition) is 2. The summed E-state index contributed by atoms with van der Waals surface area (Å²) in [6.45, 7) is 7.72. The van der Waals surface area contributed by atoms with Crippen LogP contribution in [0.3, 0.4) is 0 Å². The van der Waals surface area contributed by atoms with E-state index in [4.69, 9.17) is 0 Å². The molecule has 2 aromatic rings. The molecule has 0 unspecified atom stereocenters. The number of rotatable bonds is 8. The Morgan fingerprint density at radius 1 is 1.29 bits per heavy atom. The molecule has 0 bridgehead atoms. The number of aromatic nitrogens is 1. The van der Waals surface area contributed by atoms with Gasteiger partial charge in [-0.05, 0) is 44.5 Å². The molecule has 0 aliphatic heterocycles. The third-order valence-electron chi connectivity index (χ3n) is 4.36. The fraction of sp³-hybridized carbons (Fsp3) is 0.421. The number of benzene rings is 1. The van der Waals surface area contributed by atoms with E-state index in [1.54, 1.807) is 6.07 Å². The number of carboxylic acids is 1. The summed E-state index contributed by atoms with van der Waals surface area (Å²) in [5.41, 5.74) is 3.61. The standard InChI is InChI=1S/C19H25FN2O2/c1-4-5-9-21-11-17-13(2)22(14(3)18(17)19(23)24)12-15-7-6-8-16(20)10-15/h6-8,10,21H,4-5,9,11-12H2,1-3H3,(H,23,24). The zero-order chi connectivity index (χ0) is 17.7. The molecule has 1 heterocycles.